The standard InChI is InChI=1S/C14H26N2O/c1-4-9-14(2,3)16-10-5-6-12(13(16)17)15-11-7-8-11/h11-12,15H,4-10H2,1-3H3. The summed E-state index contributed by atoms with van der Waals surface area (Å²) in [6.45, 7) is 7.53. The number of likely N-dealkylation sites (tertiary alicyclic amines) is 1. The van der Waals surface area contributed by atoms with Gasteiger partial charge < -0.3 is 10.2 Å². The van der Waals surface area contributed by atoms with Crippen LogP contribution in [-0.4, -0.2) is 35.0 Å². The van der Waals surface area contributed by atoms with Crippen molar-refractivity contribution in [1.29, 1.82) is 0 Å². The van der Waals surface area contributed by atoms with Crippen molar-refractivity contribution < 1.29 is 4.79 Å². The Morgan fingerprint density at radius 3 is 2.65 bits per heavy atom. The van der Waals surface area contributed by atoms with E-state index >= 15 is 0 Å². The summed E-state index contributed by atoms with van der Waals surface area (Å²) in [6.07, 6.45) is 6.90. The van der Waals surface area contributed by atoms with Crippen molar-refractivity contribution in [3.63, 3.8) is 0 Å². The molecule has 1 aliphatic heterocycles. The average molecular weight is 238 g/mol. The highest BCUT2D eigenvalue weighted by atomic mass is 16.2. The van der Waals surface area contributed by atoms with Crippen LogP contribution in [0.25, 0.3) is 0 Å². The van der Waals surface area contributed by atoms with Crippen molar-refractivity contribution in [2.75, 3.05) is 6.54 Å². The molecule has 3 heteroatoms. The molecule has 1 aliphatic carbocycles. The minimum absolute atomic E-state index is 0.0235. The normalized spacial score (nSPS) is 26.4. The second kappa shape index (κ2) is 4.97. The first kappa shape index (κ1) is 12.9. The van der Waals surface area contributed by atoms with Gasteiger partial charge in [0, 0.05) is 18.1 Å². The zero-order valence-corrected chi connectivity index (χ0v) is 11.5. The Labute approximate surface area is 105 Å². The molecule has 1 atom stereocenters. The van der Waals surface area contributed by atoms with Crippen LogP contribution in [0.15, 0.2) is 0 Å². The monoisotopic (exact) mass is 238 g/mol. The van der Waals surface area contributed by atoms with Crippen LogP contribution in [-0.2, 0) is 4.79 Å². The van der Waals surface area contributed by atoms with Crippen LogP contribution in [0.3, 0.4) is 0 Å². The first-order chi connectivity index (χ1) is 8.04. The number of carbonyl (C=O) groups excluding carboxylic acids is 1. The molecule has 2 aliphatic rings. The van der Waals surface area contributed by atoms with Gasteiger partial charge in [0.15, 0.2) is 0 Å². The number of hydrogen-bond donors (Lipinski definition) is 1. The highest BCUT2D eigenvalue weighted by Gasteiger charge is 2.38. The van der Waals surface area contributed by atoms with Gasteiger partial charge in [-0.3, -0.25) is 4.79 Å². The van der Waals surface area contributed by atoms with Crippen LogP contribution in [0.5, 0.6) is 0 Å². The van der Waals surface area contributed by atoms with Crippen molar-refractivity contribution in [2.24, 2.45) is 0 Å². The zero-order valence-electron chi connectivity index (χ0n) is 11.5. The van der Waals surface area contributed by atoms with Crippen LogP contribution in [0.4, 0.5) is 0 Å². The van der Waals surface area contributed by atoms with E-state index in [9.17, 15) is 4.79 Å². The van der Waals surface area contributed by atoms with Gasteiger partial charge in [-0.2, -0.15) is 0 Å². The number of rotatable bonds is 5. The van der Waals surface area contributed by atoms with E-state index in [1.807, 2.05) is 0 Å². The lowest BCUT2D eigenvalue weighted by molar-refractivity contribution is -0.142. The second-order valence-corrected chi connectivity index (χ2v) is 6.19. The molecule has 0 aromatic heterocycles. The topological polar surface area (TPSA) is 32.3 Å². The minimum atomic E-state index is 0.0235. The van der Waals surface area contributed by atoms with Gasteiger partial charge in [0.2, 0.25) is 5.91 Å². The molecule has 0 spiro atoms. The Hall–Kier alpha value is -0.570. The molecule has 0 radical (unpaired) electrons. The van der Waals surface area contributed by atoms with Gasteiger partial charge in [0.05, 0.1) is 6.04 Å². The summed E-state index contributed by atoms with van der Waals surface area (Å²) in [6, 6.07) is 0.713. The molecule has 17 heavy (non-hydrogen) atoms. The Kier molecular flexibility index (Phi) is 3.76. The maximum absolute atomic E-state index is 12.5. The largest absolute Gasteiger partial charge is 0.336 e. The molecule has 2 fully saturated rings. The lowest BCUT2D eigenvalue weighted by atomic mass is 9.92. The highest BCUT2D eigenvalue weighted by Crippen LogP contribution is 2.28. The molecular formula is C14H26N2O. The minimum Gasteiger partial charge on any atom is -0.336 e. The number of nitrogens with one attached hydrogen (secondary N) is 1. The van der Waals surface area contributed by atoms with E-state index in [2.05, 4.69) is 31.0 Å². The summed E-state index contributed by atoms with van der Waals surface area (Å²) in [5.41, 5.74) is 0.0235. The van der Waals surface area contributed by atoms with Gasteiger partial charge in [-0.25, -0.2) is 0 Å². The smallest absolute Gasteiger partial charge is 0.240 e. The third-order valence-electron chi connectivity index (χ3n) is 4.05. The summed E-state index contributed by atoms with van der Waals surface area (Å²) >= 11 is 0. The number of piperidine rings is 1. The van der Waals surface area contributed by atoms with Crippen LogP contribution in [0.1, 0.15) is 59.3 Å². The van der Waals surface area contributed by atoms with Crippen molar-refractivity contribution in [2.45, 2.75) is 76.9 Å². The van der Waals surface area contributed by atoms with Crippen LogP contribution < -0.4 is 5.32 Å². The van der Waals surface area contributed by atoms with E-state index in [0.717, 1.165) is 32.2 Å². The molecule has 2 rings (SSSR count). The molecule has 1 saturated heterocycles. The van der Waals surface area contributed by atoms with Gasteiger partial charge in [-0.1, -0.05) is 13.3 Å². The average Bonchev–Trinajstić information content (AvgIpc) is 3.04. The lowest BCUT2D eigenvalue weighted by Crippen LogP contribution is -2.58. The van der Waals surface area contributed by atoms with E-state index < -0.39 is 0 Å². The first-order valence-corrected chi connectivity index (χ1v) is 7.12. The lowest BCUT2D eigenvalue weighted by Gasteiger charge is -2.43. The molecule has 1 saturated carbocycles. The Bertz CT molecular complexity index is 284. The molecule has 1 amide bonds. The van der Waals surface area contributed by atoms with Crippen molar-refractivity contribution in [1.82, 2.24) is 10.2 Å². The second-order valence-electron chi connectivity index (χ2n) is 6.19. The van der Waals surface area contributed by atoms with E-state index in [0.29, 0.717) is 11.9 Å². The molecule has 3 nitrogen and oxygen atoms in total. The first-order valence-electron chi connectivity index (χ1n) is 7.12. The van der Waals surface area contributed by atoms with E-state index in [1.165, 1.54) is 12.8 Å². The van der Waals surface area contributed by atoms with Gasteiger partial charge in [-0.15, -0.1) is 0 Å². The van der Waals surface area contributed by atoms with E-state index in [1.54, 1.807) is 0 Å². The maximum atomic E-state index is 12.5. The fourth-order valence-electron chi connectivity index (χ4n) is 2.91. The maximum Gasteiger partial charge on any atom is 0.240 e. The van der Waals surface area contributed by atoms with E-state index in [-0.39, 0.29) is 11.6 Å². The Morgan fingerprint density at radius 2 is 2.06 bits per heavy atom. The van der Waals surface area contributed by atoms with Crippen molar-refractivity contribution in [3.8, 4) is 0 Å². The number of hydrogen-bond acceptors (Lipinski definition) is 2. The predicted octanol–water partition coefficient (Wildman–Crippen LogP) is 2.31. The fourth-order valence-corrected chi connectivity index (χ4v) is 2.91. The summed E-state index contributed by atoms with van der Waals surface area (Å²) in [7, 11) is 0. The highest BCUT2D eigenvalue weighted by molar-refractivity contribution is 5.83. The summed E-state index contributed by atoms with van der Waals surface area (Å²) in [5, 5.41) is 3.50. The molecule has 0 aromatic rings. The zero-order chi connectivity index (χ0) is 12.5. The van der Waals surface area contributed by atoms with Gasteiger partial charge in [0.1, 0.15) is 0 Å². The third kappa shape index (κ3) is 3.01. The molecule has 0 aromatic carbocycles. The number of amides is 1. The van der Waals surface area contributed by atoms with Crippen LogP contribution in [0.2, 0.25) is 0 Å². The van der Waals surface area contributed by atoms with Gasteiger partial charge in [0.25, 0.3) is 0 Å². The van der Waals surface area contributed by atoms with Crippen LogP contribution in [0, 0.1) is 0 Å². The van der Waals surface area contributed by atoms with Crippen molar-refractivity contribution >= 4 is 5.91 Å². The molecule has 0 bridgehead atoms. The third-order valence-corrected chi connectivity index (χ3v) is 4.05. The fraction of sp³-hybridized carbons (Fsp3) is 0.929. The molecule has 98 valence electrons. The SMILES string of the molecule is CCCC(C)(C)N1CCCC(NC2CC2)C1=O. The summed E-state index contributed by atoms with van der Waals surface area (Å²) < 4.78 is 0. The van der Waals surface area contributed by atoms with E-state index in [4.69, 9.17) is 0 Å². The molecule has 1 heterocycles. The number of carbonyl (C=O) groups is 1. The quantitative estimate of drug-likeness (QED) is 0.797. The Morgan fingerprint density at radius 1 is 1.35 bits per heavy atom. The van der Waals surface area contributed by atoms with Crippen LogP contribution >= 0.6 is 0 Å². The summed E-state index contributed by atoms with van der Waals surface area (Å²) in [4.78, 5) is 14.6. The molecule has 1 N–H and O–H groups in total. The summed E-state index contributed by atoms with van der Waals surface area (Å²) in [5.74, 6) is 0.335. The Balaban J connectivity index is 1.99. The molecule has 1 unspecified atom stereocenters. The predicted molar refractivity (Wildman–Crippen MR) is 69.9 cm³/mol. The van der Waals surface area contributed by atoms with Crippen molar-refractivity contribution in [3.05, 3.63) is 0 Å². The molecular weight excluding hydrogens is 212 g/mol. The van der Waals surface area contributed by atoms with Gasteiger partial charge in [-0.05, 0) is 46.0 Å². The van der Waals surface area contributed by atoms with Gasteiger partial charge >= 0.3 is 0 Å². The number of nitrogens with zero attached hydrogens (tertiary/aromatic N) is 1.